The number of carbonyl (C=O) groups is 1. The Morgan fingerprint density at radius 1 is 1.13 bits per heavy atom. The number of sulfonamides is 1. The molecule has 1 fully saturated rings. The maximum absolute atomic E-state index is 12.5. The summed E-state index contributed by atoms with van der Waals surface area (Å²) >= 11 is 0. The molecule has 0 spiro atoms. The van der Waals surface area contributed by atoms with Crippen LogP contribution in [0.15, 0.2) is 24.3 Å². The molecule has 1 aromatic rings. The van der Waals surface area contributed by atoms with Crippen molar-refractivity contribution < 1.29 is 13.2 Å². The molecule has 0 saturated carbocycles. The van der Waals surface area contributed by atoms with Gasteiger partial charge in [-0.25, -0.2) is 13.2 Å². The van der Waals surface area contributed by atoms with E-state index in [4.69, 9.17) is 0 Å². The van der Waals surface area contributed by atoms with Gasteiger partial charge in [-0.05, 0) is 18.9 Å². The topological polar surface area (TPSA) is 69.7 Å². The lowest BCUT2D eigenvalue weighted by Gasteiger charge is -2.34. The van der Waals surface area contributed by atoms with Crippen molar-refractivity contribution >= 4 is 16.1 Å². The van der Waals surface area contributed by atoms with Crippen LogP contribution >= 0.6 is 0 Å². The lowest BCUT2D eigenvalue weighted by atomic mass is 10.2. The Kier molecular flexibility index (Phi) is 6.01. The number of carbonyl (C=O) groups excluding carboxylic acids is 1. The number of amides is 2. The molecule has 0 aliphatic carbocycles. The third-order valence-electron chi connectivity index (χ3n) is 3.92. The molecule has 0 unspecified atom stereocenters. The van der Waals surface area contributed by atoms with Crippen LogP contribution in [0.4, 0.5) is 4.79 Å². The van der Waals surface area contributed by atoms with Crippen molar-refractivity contribution in [2.45, 2.75) is 26.0 Å². The van der Waals surface area contributed by atoms with Crippen molar-refractivity contribution in [2.75, 3.05) is 32.7 Å². The summed E-state index contributed by atoms with van der Waals surface area (Å²) in [7, 11) is -3.34. The largest absolute Gasteiger partial charge is 0.338 e. The Bertz CT molecular complexity index is 620. The minimum absolute atomic E-state index is 0.00924. The van der Waals surface area contributed by atoms with E-state index in [1.54, 1.807) is 4.90 Å². The highest BCUT2D eigenvalue weighted by molar-refractivity contribution is 7.88. The highest BCUT2D eigenvalue weighted by atomic mass is 32.2. The van der Waals surface area contributed by atoms with Gasteiger partial charge in [-0.3, -0.25) is 0 Å². The molecule has 7 heteroatoms. The fourth-order valence-electron chi connectivity index (χ4n) is 2.50. The molecular weight excluding hydrogens is 314 g/mol. The van der Waals surface area contributed by atoms with Gasteiger partial charge in [-0.1, -0.05) is 36.8 Å². The van der Waals surface area contributed by atoms with Crippen LogP contribution in [0.2, 0.25) is 0 Å². The average molecular weight is 339 g/mol. The maximum atomic E-state index is 12.5. The number of nitrogens with zero attached hydrogens (tertiary/aromatic N) is 2. The van der Waals surface area contributed by atoms with Gasteiger partial charge in [-0.2, -0.15) is 4.31 Å². The van der Waals surface area contributed by atoms with E-state index in [1.807, 2.05) is 38.1 Å². The molecule has 0 radical (unpaired) electrons. The van der Waals surface area contributed by atoms with Crippen LogP contribution in [0.25, 0.3) is 0 Å². The van der Waals surface area contributed by atoms with Gasteiger partial charge in [0.05, 0.1) is 5.75 Å². The number of urea groups is 1. The molecule has 0 atom stereocenters. The maximum Gasteiger partial charge on any atom is 0.317 e. The molecule has 1 saturated heterocycles. The van der Waals surface area contributed by atoms with Crippen LogP contribution < -0.4 is 5.32 Å². The quantitative estimate of drug-likeness (QED) is 0.885. The number of piperazine rings is 1. The van der Waals surface area contributed by atoms with E-state index in [0.29, 0.717) is 32.7 Å². The van der Waals surface area contributed by atoms with Crippen molar-refractivity contribution in [3.8, 4) is 0 Å². The lowest BCUT2D eigenvalue weighted by Crippen LogP contribution is -2.53. The van der Waals surface area contributed by atoms with Crippen molar-refractivity contribution in [2.24, 2.45) is 0 Å². The van der Waals surface area contributed by atoms with E-state index in [9.17, 15) is 13.2 Å². The monoisotopic (exact) mass is 339 g/mol. The van der Waals surface area contributed by atoms with Crippen molar-refractivity contribution in [3.63, 3.8) is 0 Å². The fraction of sp³-hybridized carbons (Fsp3) is 0.562. The zero-order valence-electron chi connectivity index (χ0n) is 13.8. The first-order chi connectivity index (χ1) is 10.9. The Hall–Kier alpha value is -1.60. The SMILES string of the molecule is CCCNC(=O)N1CCN(S(=O)(=O)Cc2ccc(C)cc2)CC1. The summed E-state index contributed by atoms with van der Waals surface area (Å²) in [5, 5.41) is 2.82. The van der Waals surface area contributed by atoms with Gasteiger partial charge in [0.25, 0.3) is 0 Å². The summed E-state index contributed by atoms with van der Waals surface area (Å²) < 4.78 is 26.5. The van der Waals surface area contributed by atoms with Crippen LogP contribution in [0.1, 0.15) is 24.5 Å². The molecule has 1 aromatic carbocycles. The van der Waals surface area contributed by atoms with Gasteiger partial charge in [0.15, 0.2) is 0 Å². The van der Waals surface area contributed by atoms with E-state index in [-0.39, 0.29) is 11.8 Å². The number of benzene rings is 1. The Balaban J connectivity index is 1.90. The van der Waals surface area contributed by atoms with Crippen molar-refractivity contribution in [3.05, 3.63) is 35.4 Å². The van der Waals surface area contributed by atoms with Gasteiger partial charge < -0.3 is 10.2 Å². The molecule has 0 bridgehead atoms. The third-order valence-corrected chi connectivity index (χ3v) is 5.77. The standard InChI is InChI=1S/C16H25N3O3S/c1-3-8-17-16(20)18-9-11-19(12-10-18)23(21,22)13-15-6-4-14(2)5-7-15/h4-7H,3,8-13H2,1-2H3,(H,17,20). The molecular formula is C16H25N3O3S. The summed E-state index contributed by atoms with van der Waals surface area (Å²) in [6.07, 6.45) is 0.886. The summed E-state index contributed by atoms with van der Waals surface area (Å²) in [4.78, 5) is 13.6. The molecule has 2 rings (SSSR count). The molecule has 1 aliphatic rings. The third kappa shape index (κ3) is 4.94. The molecule has 6 nitrogen and oxygen atoms in total. The van der Waals surface area contributed by atoms with E-state index >= 15 is 0 Å². The number of hydrogen-bond acceptors (Lipinski definition) is 3. The summed E-state index contributed by atoms with van der Waals surface area (Å²) in [5.41, 5.74) is 1.90. The van der Waals surface area contributed by atoms with E-state index in [2.05, 4.69) is 5.32 Å². The van der Waals surface area contributed by atoms with Gasteiger partial charge in [0, 0.05) is 32.7 Å². The van der Waals surface area contributed by atoms with Gasteiger partial charge in [-0.15, -0.1) is 0 Å². The van der Waals surface area contributed by atoms with Gasteiger partial charge in [0.2, 0.25) is 10.0 Å². The smallest absolute Gasteiger partial charge is 0.317 e. The van der Waals surface area contributed by atoms with Gasteiger partial charge in [0.1, 0.15) is 0 Å². The van der Waals surface area contributed by atoms with Crippen LogP contribution in [-0.2, 0) is 15.8 Å². The predicted octanol–water partition coefficient (Wildman–Crippen LogP) is 1.56. The Labute approximate surface area is 138 Å². The average Bonchev–Trinajstić information content (AvgIpc) is 2.54. The molecule has 2 amide bonds. The van der Waals surface area contributed by atoms with E-state index in [1.165, 1.54) is 4.31 Å². The second-order valence-electron chi connectivity index (χ2n) is 5.86. The second kappa shape index (κ2) is 7.79. The zero-order chi connectivity index (χ0) is 16.9. The highest BCUT2D eigenvalue weighted by Gasteiger charge is 2.28. The first-order valence-electron chi connectivity index (χ1n) is 7.98. The molecule has 0 aromatic heterocycles. The minimum Gasteiger partial charge on any atom is -0.338 e. The van der Waals surface area contributed by atoms with E-state index < -0.39 is 10.0 Å². The fourth-order valence-corrected chi connectivity index (χ4v) is 4.02. The number of hydrogen-bond donors (Lipinski definition) is 1. The van der Waals surface area contributed by atoms with E-state index in [0.717, 1.165) is 17.5 Å². The van der Waals surface area contributed by atoms with Crippen LogP contribution in [-0.4, -0.2) is 56.4 Å². The highest BCUT2D eigenvalue weighted by Crippen LogP contribution is 2.14. The summed E-state index contributed by atoms with van der Waals surface area (Å²) in [6.45, 7) is 6.19. The summed E-state index contributed by atoms with van der Waals surface area (Å²) in [6, 6.07) is 7.42. The van der Waals surface area contributed by atoms with Crippen LogP contribution in [0.3, 0.4) is 0 Å². The molecule has 23 heavy (non-hydrogen) atoms. The van der Waals surface area contributed by atoms with Crippen LogP contribution in [0, 0.1) is 6.92 Å². The minimum atomic E-state index is -3.34. The molecule has 128 valence electrons. The molecule has 1 heterocycles. The number of nitrogens with one attached hydrogen (secondary N) is 1. The second-order valence-corrected chi connectivity index (χ2v) is 7.83. The predicted molar refractivity (Wildman–Crippen MR) is 90.6 cm³/mol. The Morgan fingerprint density at radius 3 is 2.30 bits per heavy atom. The summed E-state index contributed by atoms with van der Waals surface area (Å²) in [5.74, 6) is 0.00924. The van der Waals surface area contributed by atoms with Crippen LogP contribution in [0.5, 0.6) is 0 Å². The first kappa shape index (κ1) is 17.7. The van der Waals surface area contributed by atoms with Crippen molar-refractivity contribution in [1.82, 2.24) is 14.5 Å². The zero-order valence-corrected chi connectivity index (χ0v) is 14.6. The van der Waals surface area contributed by atoms with Crippen molar-refractivity contribution in [1.29, 1.82) is 0 Å². The normalized spacial score (nSPS) is 16.3. The number of aryl methyl sites for hydroxylation is 1. The Morgan fingerprint density at radius 2 is 1.74 bits per heavy atom. The molecule has 1 N–H and O–H groups in total. The lowest BCUT2D eigenvalue weighted by molar-refractivity contribution is 0.172. The first-order valence-corrected chi connectivity index (χ1v) is 9.59. The molecule has 1 aliphatic heterocycles. The van der Waals surface area contributed by atoms with Gasteiger partial charge >= 0.3 is 6.03 Å². The number of rotatable bonds is 5.